The Morgan fingerprint density at radius 2 is 1.86 bits per heavy atom. The number of urea groups is 1. The summed E-state index contributed by atoms with van der Waals surface area (Å²) >= 11 is 1.27. The molecule has 0 aromatic carbocycles. The minimum atomic E-state index is -0.522. The molecule has 0 bridgehead atoms. The summed E-state index contributed by atoms with van der Waals surface area (Å²) in [6.07, 6.45) is 0. The van der Waals surface area contributed by atoms with Crippen LogP contribution in [0.5, 0.6) is 0 Å². The highest BCUT2D eigenvalue weighted by atomic mass is 32.2. The molecule has 1 aromatic rings. The fourth-order valence-electron chi connectivity index (χ4n) is 1.59. The quantitative estimate of drug-likeness (QED) is 0.783. The monoisotopic (exact) mass is 314 g/mol. The summed E-state index contributed by atoms with van der Waals surface area (Å²) in [5.74, 6) is 0.357. The molecule has 1 heterocycles. The smallest absolute Gasteiger partial charge is 0.321 e. The lowest BCUT2D eigenvalue weighted by Crippen LogP contribution is -2.41. The normalized spacial score (nSPS) is 12.1. The Hall–Kier alpha value is -1.77. The number of aromatic nitrogens is 3. The first-order chi connectivity index (χ1) is 9.77. The number of imide groups is 1. The Kier molecular flexibility index (Phi) is 6.01. The van der Waals surface area contributed by atoms with E-state index in [9.17, 15) is 9.59 Å². The van der Waals surface area contributed by atoms with Gasteiger partial charge in [-0.3, -0.25) is 14.7 Å². The maximum Gasteiger partial charge on any atom is 0.321 e. The van der Waals surface area contributed by atoms with Gasteiger partial charge in [-0.2, -0.15) is 0 Å². The Balaban J connectivity index is 2.88. The van der Waals surface area contributed by atoms with Gasteiger partial charge in [-0.05, 0) is 20.8 Å². The number of amides is 3. The molecule has 0 spiro atoms. The van der Waals surface area contributed by atoms with Crippen LogP contribution in [0.25, 0.3) is 0 Å². The van der Waals surface area contributed by atoms with Gasteiger partial charge in [0.05, 0.1) is 5.25 Å². The molecular weight excluding hydrogens is 292 g/mol. The van der Waals surface area contributed by atoms with E-state index in [4.69, 9.17) is 0 Å². The van der Waals surface area contributed by atoms with Gasteiger partial charge >= 0.3 is 6.03 Å². The van der Waals surface area contributed by atoms with Crippen LogP contribution < -0.4 is 15.5 Å². The first-order valence-corrected chi connectivity index (χ1v) is 7.47. The third-order valence-electron chi connectivity index (χ3n) is 2.68. The lowest BCUT2D eigenvalue weighted by atomic mass is 10.4. The van der Waals surface area contributed by atoms with E-state index >= 15 is 0 Å². The standard InChI is InChI=1S/C12H22N6O2S/c1-7(2)18-11(17(5)6)15-16-12(18)21-8(3)9(19)14-10(20)13-4/h7-8H,1-6H3,(H2,13,14,19,20). The van der Waals surface area contributed by atoms with Crippen LogP contribution in [0.15, 0.2) is 5.16 Å². The van der Waals surface area contributed by atoms with Crippen LogP contribution in [0, 0.1) is 0 Å². The van der Waals surface area contributed by atoms with E-state index in [0.29, 0.717) is 5.16 Å². The van der Waals surface area contributed by atoms with Gasteiger partial charge in [0, 0.05) is 27.2 Å². The molecule has 1 atom stereocenters. The molecule has 1 aromatic heterocycles. The second-order valence-corrected chi connectivity index (χ2v) is 6.28. The number of thioether (sulfide) groups is 1. The van der Waals surface area contributed by atoms with Gasteiger partial charge < -0.3 is 10.2 Å². The molecule has 118 valence electrons. The molecule has 8 nitrogen and oxygen atoms in total. The van der Waals surface area contributed by atoms with Crippen LogP contribution in [0.3, 0.4) is 0 Å². The van der Waals surface area contributed by atoms with Crippen molar-refractivity contribution in [2.45, 2.75) is 37.2 Å². The molecule has 0 fully saturated rings. The first kappa shape index (κ1) is 17.3. The average Bonchev–Trinajstić information content (AvgIpc) is 2.82. The minimum Gasteiger partial charge on any atom is -0.347 e. The van der Waals surface area contributed by atoms with Crippen molar-refractivity contribution in [1.82, 2.24) is 25.4 Å². The SMILES string of the molecule is CNC(=O)NC(=O)C(C)Sc1nnc(N(C)C)n1C(C)C. The molecule has 0 aliphatic carbocycles. The number of anilines is 1. The number of hydrogen-bond acceptors (Lipinski definition) is 6. The fourth-order valence-corrected chi connectivity index (χ4v) is 2.57. The lowest BCUT2D eigenvalue weighted by Gasteiger charge is -2.18. The Labute approximate surface area is 128 Å². The number of carbonyl (C=O) groups is 2. The van der Waals surface area contributed by atoms with Crippen molar-refractivity contribution in [3.63, 3.8) is 0 Å². The Morgan fingerprint density at radius 3 is 2.33 bits per heavy atom. The number of carbonyl (C=O) groups excluding carboxylic acids is 2. The summed E-state index contributed by atoms with van der Waals surface area (Å²) < 4.78 is 1.95. The number of hydrogen-bond donors (Lipinski definition) is 2. The van der Waals surface area contributed by atoms with Crippen LogP contribution in [0.2, 0.25) is 0 Å². The van der Waals surface area contributed by atoms with Crippen molar-refractivity contribution in [3.05, 3.63) is 0 Å². The second kappa shape index (κ2) is 7.30. The summed E-state index contributed by atoms with van der Waals surface area (Å²) in [6, 6.07) is -0.360. The third-order valence-corrected chi connectivity index (χ3v) is 3.73. The van der Waals surface area contributed by atoms with Crippen LogP contribution in [-0.4, -0.2) is 53.1 Å². The van der Waals surface area contributed by atoms with Crippen LogP contribution in [0.1, 0.15) is 26.8 Å². The van der Waals surface area contributed by atoms with E-state index < -0.39 is 11.3 Å². The van der Waals surface area contributed by atoms with Gasteiger partial charge in [0.1, 0.15) is 0 Å². The maximum absolute atomic E-state index is 11.9. The van der Waals surface area contributed by atoms with Gasteiger partial charge in [-0.25, -0.2) is 4.79 Å². The zero-order valence-electron chi connectivity index (χ0n) is 13.2. The van der Waals surface area contributed by atoms with Gasteiger partial charge in [0.25, 0.3) is 0 Å². The molecule has 9 heteroatoms. The molecular formula is C12H22N6O2S. The Morgan fingerprint density at radius 1 is 1.24 bits per heavy atom. The zero-order valence-corrected chi connectivity index (χ0v) is 14.0. The van der Waals surface area contributed by atoms with Crippen molar-refractivity contribution >= 4 is 29.6 Å². The molecule has 3 amide bonds. The van der Waals surface area contributed by atoms with E-state index in [-0.39, 0.29) is 11.9 Å². The van der Waals surface area contributed by atoms with Crippen LogP contribution in [-0.2, 0) is 4.79 Å². The number of nitrogens with one attached hydrogen (secondary N) is 2. The summed E-state index contributed by atoms with van der Waals surface area (Å²) in [6.45, 7) is 5.77. The fraction of sp³-hybridized carbons (Fsp3) is 0.667. The van der Waals surface area contributed by atoms with Crippen molar-refractivity contribution in [1.29, 1.82) is 0 Å². The molecule has 21 heavy (non-hydrogen) atoms. The Bertz CT molecular complexity index is 514. The van der Waals surface area contributed by atoms with Gasteiger partial charge in [0.15, 0.2) is 5.16 Å². The predicted molar refractivity (Wildman–Crippen MR) is 82.7 cm³/mol. The topological polar surface area (TPSA) is 92.2 Å². The zero-order chi connectivity index (χ0) is 16.2. The highest BCUT2D eigenvalue weighted by Gasteiger charge is 2.23. The molecule has 1 rings (SSSR count). The molecule has 0 aliphatic rings. The molecule has 0 radical (unpaired) electrons. The summed E-state index contributed by atoms with van der Waals surface area (Å²) in [7, 11) is 5.23. The molecule has 0 saturated heterocycles. The van der Waals surface area contributed by atoms with Crippen molar-refractivity contribution in [2.75, 3.05) is 26.0 Å². The molecule has 0 saturated carbocycles. The summed E-state index contributed by atoms with van der Waals surface area (Å²) in [5, 5.41) is 13.0. The number of rotatable bonds is 5. The van der Waals surface area contributed by atoms with Gasteiger partial charge in [-0.1, -0.05) is 11.8 Å². The third kappa shape index (κ3) is 4.35. The van der Waals surface area contributed by atoms with E-state index in [2.05, 4.69) is 20.8 Å². The van der Waals surface area contributed by atoms with E-state index in [1.807, 2.05) is 37.4 Å². The lowest BCUT2D eigenvalue weighted by molar-refractivity contribution is -0.119. The highest BCUT2D eigenvalue weighted by molar-refractivity contribution is 8.00. The van der Waals surface area contributed by atoms with Gasteiger partial charge in [0.2, 0.25) is 11.9 Å². The van der Waals surface area contributed by atoms with Crippen molar-refractivity contribution < 1.29 is 9.59 Å². The van der Waals surface area contributed by atoms with E-state index in [1.54, 1.807) is 6.92 Å². The highest BCUT2D eigenvalue weighted by Crippen LogP contribution is 2.28. The van der Waals surface area contributed by atoms with Crippen molar-refractivity contribution in [3.8, 4) is 0 Å². The van der Waals surface area contributed by atoms with Gasteiger partial charge in [-0.15, -0.1) is 10.2 Å². The molecule has 2 N–H and O–H groups in total. The summed E-state index contributed by atoms with van der Waals surface area (Å²) in [4.78, 5) is 24.9. The average molecular weight is 314 g/mol. The van der Waals surface area contributed by atoms with E-state index in [1.165, 1.54) is 18.8 Å². The van der Waals surface area contributed by atoms with Crippen LogP contribution >= 0.6 is 11.8 Å². The largest absolute Gasteiger partial charge is 0.347 e. The molecule has 1 unspecified atom stereocenters. The minimum absolute atomic E-state index is 0.161. The summed E-state index contributed by atoms with van der Waals surface area (Å²) in [5.41, 5.74) is 0. The molecule has 0 aliphatic heterocycles. The van der Waals surface area contributed by atoms with E-state index in [0.717, 1.165) is 5.95 Å². The maximum atomic E-state index is 11.9. The predicted octanol–water partition coefficient (Wildman–Crippen LogP) is 0.861. The first-order valence-electron chi connectivity index (χ1n) is 6.59. The van der Waals surface area contributed by atoms with Crippen LogP contribution in [0.4, 0.5) is 10.7 Å². The van der Waals surface area contributed by atoms with Crippen molar-refractivity contribution in [2.24, 2.45) is 0 Å². The number of nitrogens with zero attached hydrogens (tertiary/aromatic N) is 4. The second-order valence-electron chi connectivity index (χ2n) is 4.97.